The van der Waals surface area contributed by atoms with Crippen molar-refractivity contribution in [2.75, 3.05) is 32.7 Å². The summed E-state index contributed by atoms with van der Waals surface area (Å²) in [6.45, 7) is 10.3. The van der Waals surface area contributed by atoms with Gasteiger partial charge in [-0.2, -0.15) is 0 Å². The van der Waals surface area contributed by atoms with Crippen LogP contribution < -0.4 is 16.0 Å². The fourth-order valence-corrected chi connectivity index (χ4v) is 3.97. The van der Waals surface area contributed by atoms with Gasteiger partial charge in [-0.15, -0.1) is 24.0 Å². The SMILES string of the molecule is CCNC(=NCCNC(=O)C(C)C)NC1CCCN(C2CCCCC2)C1.I. The third kappa shape index (κ3) is 8.98. The van der Waals surface area contributed by atoms with Crippen LogP contribution in [0.4, 0.5) is 0 Å². The summed E-state index contributed by atoms with van der Waals surface area (Å²) in [5.74, 6) is 0.994. The lowest BCUT2D eigenvalue weighted by Crippen LogP contribution is -2.53. The summed E-state index contributed by atoms with van der Waals surface area (Å²) < 4.78 is 0. The minimum Gasteiger partial charge on any atom is -0.357 e. The molecule has 0 aromatic carbocycles. The van der Waals surface area contributed by atoms with Crippen molar-refractivity contribution in [1.82, 2.24) is 20.9 Å². The molecule has 0 aromatic heterocycles. The number of likely N-dealkylation sites (tertiary alicyclic amines) is 1. The standard InChI is InChI=1S/C20H39N5O.HI/c1-4-21-20(23-13-12-22-19(26)16(2)3)24-17-9-8-14-25(15-17)18-10-6-5-7-11-18;/h16-18H,4-15H2,1-3H3,(H,22,26)(H2,21,23,24);1H. The number of carbonyl (C=O) groups excluding carboxylic acids is 1. The highest BCUT2D eigenvalue weighted by atomic mass is 127. The summed E-state index contributed by atoms with van der Waals surface area (Å²) in [6.07, 6.45) is 9.41. The van der Waals surface area contributed by atoms with E-state index in [1.807, 2.05) is 13.8 Å². The Labute approximate surface area is 182 Å². The molecule has 1 heterocycles. The monoisotopic (exact) mass is 493 g/mol. The Balaban J connectivity index is 0.00000364. The van der Waals surface area contributed by atoms with Gasteiger partial charge in [-0.25, -0.2) is 0 Å². The number of guanidine groups is 1. The lowest BCUT2D eigenvalue weighted by atomic mass is 9.92. The van der Waals surface area contributed by atoms with Crippen LogP contribution in [0.2, 0.25) is 0 Å². The van der Waals surface area contributed by atoms with E-state index in [0.29, 0.717) is 19.1 Å². The first-order valence-electron chi connectivity index (χ1n) is 10.7. The van der Waals surface area contributed by atoms with Crippen molar-refractivity contribution >= 4 is 35.8 Å². The van der Waals surface area contributed by atoms with Crippen molar-refractivity contribution in [3.05, 3.63) is 0 Å². The number of carbonyl (C=O) groups is 1. The fraction of sp³-hybridized carbons (Fsp3) is 0.900. The molecule has 1 saturated heterocycles. The average Bonchev–Trinajstić information content (AvgIpc) is 2.66. The molecule has 1 saturated carbocycles. The molecule has 0 spiro atoms. The van der Waals surface area contributed by atoms with E-state index in [-0.39, 0.29) is 35.8 Å². The second kappa shape index (κ2) is 13.6. The highest BCUT2D eigenvalue weighted by Gasteiger charge is 2.27. The number of halogens is 1. The topological polar surface area (TPSA) is 68.8 Å². The van der Waals surface area contributed by atoms with Crippen LogP contribution in [0.25, 0.3) is 0 Å². The summed E-state index contributed by atoms with van der Waals surface area (Å²) >= 11 is 0. The van der Waals surface area contributed by atoms with E-state index < -0.39 is 0 Å². The largest absolute Gasteiger partial charge is 0.357 e. The van der Waals surface area contributed by atoms with Gasteiger partial charge in [-0.1, -0.05) is 33.1 Å². The molecule has 2 rings (SSSR count). The van der Waals surface area contributed by atoms with E-state index in [0.717, 1.165) is 25.1 Å². The van der Waals surface area contributed by atoms with E-state index in [1.54, 1.807) is 0 Å². The number of amides is 1. The van der Waals surface area contributed by atoms with E-state index in [2.05, 4.69) is 32.8 Å². The molecule has 2 fully saturated rings. The second-order valence-electron chi connectivity index (χ2n) is 7.98. The molecule has 1 unspecified atom stereocenters. The van der Waals surface area contributed by atoms with Gasteiger partial charge in [0.2, 0.25) is 5.91 Å². The highest BCUT2D eigenvalue weighted by molar-refractivity contribution is 14.0. The average molecular weight is 493 g/mol. The summed E-state index contributed by atoms with van der Waals surface area (Å²) in [7, 11) is 0. The molecule has 2 aliphatic rings. The van der Waals surface area contributed by atoms with Gasteiger partial charge in [-0.3, -0.25) is 14.7 Å². The third-order valence-electron chi connectivity index (χ3n) is 5.43. The maximum atomic E-state index is 11.6. The molecule has 6 nitrogen and oxygen atoms in total. The molecule has 7 heteroatoms. The van der Waals surface area contributed by atoms with Crippen LogP contribution in [0.3, 0.4) is 0 Å². The molecule has 0 aromatic rings. The van der Waals surface area contributed by atoms with Gasteiger partial charge in [0.15, 0.2) is 5.96 Å². The number of nitrogens with one attached hydrogen (secondary N) is 3. The zero-order valence-electron chi connectivity index (χ0n) is 17.4. The Hall–Kier alpha value is -0.570. The summed E-state index contributed by atoms with van der Waals surface area (Å²) in [4.78, 5) is 19.0. The van der Waals surface area contributed by atoms with Crippen LogP contribution >= 0.6 is 24.0 Å². The number of piperidine rings is 1. The summed E-state index contributed by atoms with van der Waals surface area (Å²) in [6, 6.07) is 1.26. The van der Waals surface area contributed by atoms with Gasteiger partial charge in [0, 0.05) is 37.6 Å². The zero-order chi connectivity index (χ0) is 18.8. The second-order valence-corrected chi connectivity index (χ2v) is 7.98. The van der Waals surface area contributed by atoms with Gasteiger partial charge < -0.3 is 16.0 Å². The van der Waals surface area contributed by atoms with Gasteiger partial charge in [0.05, 0.1) is 6.54 Å². The molecule has 158 valence electrons. The highest BCUT2D eigenvalue weighted by Crippen LogP contribution is 2.25. The molecular weight excluding hydrogens is 453 g/mol. The Morgan fingerprint density at radius 1 is 1.11 bits per heavy atom. The van der Waals surface area contributed by atoms with Crippen molar-refractivity contribution < 1.29 is 4.79 Å². The molecule has 0 radical (unpaired) electrons. The number of aliphatic imine (C=N–C) groups is 1. The van der Waals surface area contributed by atoms with Gasteiger partial charge in [0.25, 0.3) is 0 Å². The molecule has 1 aliphatic carbocycles. The zero-order valence-corrected chi connectivity index (χ0v) is 19.8. The van der Waals surface area contributed by atoms with Gasteiger partial charge >= 0.3 is 0 Å². The first-order chi connectivity index (χ1) is 12.6. The van der Waals surface area contributed by atoms with Crippen LogP contribution in [0.15, 0.2) is 4.99 Å². The van der Waals surface area contributed by atoms with Gasteiger partial charge in [0.1, 0.15) is 0 Å². The molecule has 27 heavy (non-hydrogen) atoms. The molecular formula is C20H40IN5O. The normalized spacial score (nSPS) is 22.2. The molecule has 1 aliphatic heterocycles. The maximum absolute atomic E-state index is 11.6. The van der Waals surface area contributed by atoms with Crippen molar-refractivity contribution in [3.63, 3.8) is 0 Å². The molecule has 0 bridgehead atoms. The number of hydrogen-bond donors (Lipinski definition) is 3. The smallest absolute Gasteiger partial charge is 0.222 e. The van der Waals surface area contributed by atoms with Crippen molar-refractivity contribution in [2.45, 2.75) is 77.8 Å². The summed E-state index contributed by atoms with van der Waals surface area (Å²) in [5, 5.41) is 9.89. The first-order valence-corrected chi connectivity index (χ1v) is 10.7. The molecule has 3 N–H and O–H groups in total. The Morgan fingerprint density at radius 3 is 2.52 bits per heavy atom. The predicted molar refractivity (Wildman–Crippen MR) is 124 cm³/mol. The van der Waals surface area contributed by atoms with Crippen LogP contribution in [0.1, 0.15) is 65.7 Å². The Morgan fingerprint density at radius 2 is 1.85 bits per heavy atom. The number of rotatable bonds is 7. The van der Waals surface area contributed by atoms with E-state index >= 15 is 0 Å². The third-order valence-corrected chi connectivity index (χ3v) is 5.43. The minimum atomic E-state index is 0. The maximum Gasteiger partial charge on any atom is 0.222 e. The van der Waals surface area contributed by atoms with Crippen molar-refractivity contribution in [1.29, 1.82) is 0 Å². The van der Waals surface area contributed by atoms with Crippen LogP contribution in [0, 0.1) is 5.92 Å². The quantitative estimate of drug-likeness (QED) is 0.221. The fourth-order valence-electron chi connectivity index (χ4n) is 3.97. The molecule has 1 amide bonds. The number of hydrogen-bond acceptors (Lipinski definition) is 3. The van der Waals surface area contributed by atoms with Crippen molar-refractivity contribution in [2.24, 2.45) is 10.9 Å². The van der Waals surface area contributed by atoms with Crippen LogP contribution in [0.5, 0.6) is 0 Å². The van der Waals surface area contributed by atoms with Gasteiger partial charge in [-0.05, 0) is 39.2 Å². The first kappa shape index (κ1) is 24.5. The van der Waals surface area contributed by atoms with Crippen molar-refractivity contribution in [3.8, 4) is 0 Å². The lowest BCUT2D eigenvalue weighted by Gasteiger charge is -2.40. The number of nitrogens with zero attached hydrogens (tertiary/aromatic N) is 2. The summed E-state index contributed by atoms with van der Waals surface area (Å²) in [5.41, 5.74) is 0. The van der Waals surface area contributed by atoms with Crippen LogP contribution in [-0.2, 0) is 4.79 Å². The van der Waals surface area contributed by atoms with E-state index in [1.165, 1.54) is 51.5 Å². The Bertz CT molecular complexity index is 452. The lowest BCUT2D eigenvalue weighted by molar-refractivity contribution is -0.123. The predicted octanol–water partition coefficient (Wildman–Crippen LogP) is 2.73. The van der Waals surface area contributed by atoms with E-state index in [4.69, 9.17) is 0 Å². The Kier molecular flexibility index (Phi) is 12.3. The van der Waals surface area contributed by atoms with Crippen LogP contribution in [-0.4, -0.2) is 61.6 Å². The molecule has 1 atom stereocenters. The minimum absolute atomic E-state index is 0. The van der Waals surface area contributed by atoms with E-state index in [9.17, 15) is 4.79 Å².